The molecule has 1 heterocycles. The van der Waals surface area contributed by atoms with E-state index in [2.05, 4.69) is 10.3 Å². The number of thiazole rings is 1. The van der Waals surface area contributed by atoms with E-state index in [0.717, 1.165) is 22.3 Å². The Kier molecular flexibility index (Phi) is 5.76. The van der Waals surface area contributed by atoms with Crippen LogP contribution in [0.4, 0.5) is 5.13 Å². The van der Waals surface area contributed by atoms with Gasteiger partial charge in [-0.25, -0.2) is 13.4 Å². The number of carbonyl (C=O) groups is 1. The fourth-order valence-electron chi connectivity index (χ4n) is 2.50. The molecule has 0 saturated heterocycles. The van der Waals surface area contributed by atoms with Crippen molar-refractivity contribution in [3.05, 3.63) is 48.0 Å². The van der Waals surface area contributed by atoms with Crippen molar-refractivity contribution in [2.75, 3.05) is 18.2 Å². The Labute approximate surface area is 162 Å². The molecule has 3 aromatic rings. The van der Waals surface area contributed by atoms with Crippen molar-refractivity contribution < 1.29 is 17.9 Å². The molecule has 0 unspecified atom stereocenters. The molecule has 142 valence electrons. The van der Waals surface area contributed by atoms with Crippen molar-refractivity contribution in [1.29, 1.82) is 0 Å². The summed E-state index contributed by atoms with van der Waals surface area (Å²) in [5.74, 6) is 0.647. The second-order valence-corrected chi connectivity index (χ2v) is 9.28. The molecule has 2 aromatic carbocycles. The number of ether oxygens (including phenoxy) is 1. The second kappa shape index (κ2) is 8.06. The molecule has 0 fully saturated rings. The number of aromatic nitrogens is 1. The highest BCUT2D eigenvalue weighted by molar-refractivity contribution is 7.90. The second-order valence-electron chi connectivity index (χ2n) is 6.24. The molecule has 1 N–H and O–H groups in total. The van der Waals surface area contributed by atoms with Crippen molar-refractivity contribution >= 4 is 42.4 Å². The standard InChI is InChI=1S/C19H20N2O4S2/c1-13-5-3-6-14(11-13)25-10-4-7-18(22)21-19-20-16-9-8-15(27(2,23)24)12-17(16)26-19/h3,5-6,8-9,11-12H,4,7,10H2,1-2H3,(H,20,21,22). The van der Waals surface area contributed by atoms with E-state index in [-0.39, 0.29) is 10.8 Å². The third kappa shape index (κ3) is 5.27. The summed E-state index contributed by atoms with van der Waals surface area (Å²) in [6, 6.07) is 12.5. The largest absolute Gasteiger partial charge is 0.494 e. The van der Waals surface area contributed by atoms with Crippen LogP contribution in [0.2, 0.25) is 0 Å². The number of hydrogen-bond acceptors (Lipinski definition) is 6. The van der Waals surface area contributed by atoms with E-state index in [1.807, 2.05) is 31.2 Å². The van der Waals surface area contributed by atoms with Gasteiger partial charge in [0.25, 0.3) is 0 Å². The van der Waals surface area contributed by atoms with Gasteiger partial charge in [-0.2, -0.15) is 0 Å². The Morgan fingerprint density at radius 3 is 2.78 bits per heavy atom. The maximum atomic E-state index is 12.1. The fourth-order valence-corrected chi connectivity index (χ4v) is 4.14. The first-order chi connectivity index (χ1) is 12.8. The lowest BCUT2D eigenvalue weighted by molar-refractivity contribution is -0.116. The number of rotatable bonds is 7. The highest BCUT2D eigenvalue weighted by Crippen LogP contribution is 2.28. The van der Waals surface area contributed by atoms with Gasteiger partial charge in [-0.15, -0.1) is 0 Å². The molecule has 0 aliphatic carbocycles. The third-order valence-electron chi connectivity index (χ3n) is 3.84. The fraction of sp³-hybridized carbons (Fsp3) is 0.263. The molecule has 27 heavy (non-hydrogen) atoms. The number of nitrogens with zero attached hydrogens (tertiary/aromatic N) is 1. The van der Waals surface area contributed by atoms with Gasteiger partial charge in [0.1, 0.15) is 5.75 Å². The smallest absolute Gasteiger partial charge is 0.226 e. The predicted octanol–water partition coefficient (Wildman–Crippen LogP) is 3.81. The lowest BCUT2D eigenvalue weighted by Gasteiger charge is -2.06. The van der Waals surface area contributed by atoms with Gasteiger partial charge >= 0.3 is 0 Å². The Bertz CT molecular complexity index is 1070. The van der Waals surface area contributed by atoms with Crippen LogP contribution in [0.3, 0.4) is 0 Å². The van der Waals surface area contributed by atoms with Gasteiger partial charge in [-0.05, 0) is 49.2 Å². The Hall–Kier alpha value is -2.45. The number of fused-ring (bicyclic) bond motifs is 1. The Balaban J connectivity index is 1.53. The number of amides is 1. The zero-order valence-corrected chi connectivity index (χ0v) is 16.7. The van der Waals surface area contributed by atoms with E-state index in [1.54, 1.807) is 12.1 Å². The predicted molar refractivity (Wildman–Crippen MR) is 107 cm³/mol. The van der Waals surface area contributed by atoms with E-state index in [1.165, 1.54) is 17.4 Å². The maximum Gasteiger partial charge on any atom is 0.226 e. The topological polar surface area (TPSA) is 85.4 Å². The maximum absolute atomic E-state index is 12.1. The molecule has 0 aliphatic heterocycles. The van der Waals surface area contributed by atoms with Crippen LogP contribution in [0.15, 0.2) is 47.4 Å². The van der Waals surface area contributed by atoms with Crippen molar-refractivity contribution in [2.45, 2.75) is 24.7 Å². The third-order valence-corrected chi connectivity index (χ3v) is 5.88. The van der Waals surface area contributed by atoms with Crippen LogP contribution in [0.1, 0.15) is 18.4 Å². The molecule has 0 aliphatic rings. The van der Waals surface area contributed by atoms with E-state index >= 15 is 0 Å². The zero-order valence-electron chi connectivity index (χ0n) is 15.1. The number of hydrogen-bond donors (Lipinski definition) is 1. The summed E-state index contributed by atoms with van der Waals surface area (Å²) in [5, 5.41) is 3.22. The molecule has 3 rings (SSSR count). The minimum absolute atomic E-state index is 0.148. The van der Waals surface area contributed by atoms with E-state index in [0.29, 0.717) is 30.1 Å². The van der Waals surface area contributed by atoms with Crippen LogP contribution in [0.25, 0.3) is 10.2 Å². The number of nitrogens with one attached hydrogen (secondary N) is 1. The first-order valence-corrected chi connectivity index (χ1v) is 11.1. The first kappa shape index (κ1) is 19.3. The zero-order chi connectivity index (χ0) is 19.4. The molecule has 0 atom stereocenters. The van der Waals surface area contributed by atoms with Gasteiger partial charge in [0.05, 0.1) is 21.7 Å². The highest BCUT2D eigenvalue weighted by Gasteiger charge is 2.12. The summed E-state index contributed by atoms with van der Waals surface area (Å²) in [6.07, 6.45) is 2.07. The lowest BCUT2D eigenvalue weighted by atomic mass is 10.2. The molecule has 8 heteroatoms. The summed E-state index contributed by atoms with van der Waals surface area (Å²) >= 11 is 1.25. The van der Waals surface area contributed by atoms with Crippen LogP contribution >= 0.6 is 11.3 Å². The van der Waals surface area contributed by atoms with E-state index < -0.39 is 9.84 Å². The van der Waals surface area contributed by atoms with Crippen LogP contribution in [0, 0.1) is 6.92 Å². The normalized spacial score (nSPS) is 11.5. The number of aryl methyl sites for hydroxylation is 1. The van der Waals surface area contributed by atoms with Crippen molar-refractivity contribution in [3.8, 4) is 5.75 Å². The van der Waals surface area contributed by atoms with Gasteiger partial charge < -0.3 is 10.1 Å². The molecule has 0 spiro atoms. The molecular formula is C19H20N2O4S2. The highest BCUT2D eigenvalue weighted by atomic mass is 32.2. The number of benzene rings is 2. The van der Waals surface area contributed by atoms with Gasteiger partial charge in [-0.3, -0.25) is 4.79 Å². The van der Waals surface area contributed by atoms with Crippen molar-refractivity contribution in [1.82, 2.24) is 4.98 Å². The molecule has 1 amide bonds. The van der Waals surface area contributed by atoms with E-state index in [4.69, 9.17) is 4.74 Å². The quantitative estimate of drug-likeness (QED) is 0.605. The van der Waals surface area contributed by atoms with Gasteiger partial charge in [0, 0.05) is 12.7 Å². The average Bonchev–Trinajstić information content (AvgIpc) is 2.99. The van der Waals surface area contributed by atoms with Crippen molar-refractivity contribution in [3.63, 3.8) is 0 Å². The summed E-state index contributed by atoms with van der Waals surface area (Å²) in [7, 11) is -3.27. The summed E-state index contributed by atoms with van der Waals surface area (Å²) in [5.41, 5.74) is 1.78. The van der Waals surface area contributed by atoms with Gasteiger partial charge in [0.2, 0.25) is 5.91 Å². The molecule has 0 radical (unpaired) electrons. The Morgan fingerprint density at radius 2 is 2.04 bits per heavy atom. The number of anilines is 1. The minimum Gasteiger partial charge on any atom is -0.494 e. The van der Waals surface area contributed by atoms with E-state index in [9.17, 15) is 13.2 Å². The van der Waals surface area contributed by atoms with Gasteiger partial charge in [0.15, 0.2) is 15.0 Å². The molecule has 0 bridgehead atoms. The Morgan fingerprint density at radius 1 is 1.22 bits per heavy atom. The molecule has 1 aromatic heterocycles. The summed E-state index contributed by atoms with van der Waals surface area (Å²) in [6.45, 7) is 2.45. The first-order valence-electron chi connectivity index (χ1n) is 8.41. The van der Waals surface area contributed by atoms with Crippen LogP contribution in [-0.2, 0) is 14.6 Å². The van der Waals surface area contributed by atoms with Crippen LogP contribution in [0.5, 0.6) is 5.75 Å². The summed E-state index contributed by atoms with van der Waals surface area (Å²) < 4.78 is 29.6. The lowest BCUT2D eigenvalue weighted by Crippen LogP contribution is -2.12. The average molecular weight is 405 g/mol. The SMILES string of the molecule is Cc1cccc(OCCCC(=O)Nc2nc3ccc(S(C)(=O)=O)cc3s2)c1. The summed E-state index contributed by atoms with van der Waals surface area (Å²) in [4.78, 5) is 16.6. The molecule has 6 nitrogen and oxygen atoms in total. The van der Waals surface area contributed by atoms with Gasteiger partial charge in [-0.1, -0.05) is 23.5 Å². The molecule has 0 saturated carbocycles. The number of carbonyl (C=O) groups excluding carboxylic acids is 1. The monoisotopic (exact) mass is 404 g/mol. The number of sulfone groups is 1. The minimum atomic E-state index is -3.27. The van der Waals surface area contributed by atoms with Crippen LogP contribution < -0.4 is 10.1 Å². The van der Waals surface area contributed by atoms with Crippen molar-refractivity contribution in [2.24, 2.45) is 0 Å². The van der Waals surface area contributed by atoms with Crippen LogP contribution in [-0.4, -0.2) is 32.2 Å². The molecular weight excluding hydrogens is 384 g/mol.